The van der Waals surface area contributed by atoms with E-state index in [4.69, 9.17) is 11.0 Å². The van der Waals surface area contributed by atoms with Crippen LogP contribution in [0.2, 0.25) is 0 Å². The summed E-state index contributed by atoms with van der Waals surface area (Å²) in [6, 6.07) is 3.91. The summed E-state index contributed by atoms with van der Waals surface area (Å²) in [5, 5.41) is 8.59. The van der Waals surface area contributed by atoms with Gasteiger partial charge in [-0.25, -0.2) is 0 Å². The van der Waals surface area contributed by atoms with Crippen molar-refractivity contribution in [3.63, 3.8) is 0 Å². The lowest BCUT2D eigenvalue weighted by Crippen LogP contribution is -2.31. The molecule has 4 nitrogen and oxygen atoms in total. The summed E-state index contributed by atoms with van der Waals surface area (Å²) in [7, 11) is 0. The zero-order valence-corrected chi connectivity index (χ0v) is 12.0. The minimum absolute atomic E-state index is 0.0355. The molecule has 0 aliphatic heterocycles. The SMILES string of the molecule is CCN(CCC#N)C(=O)c1cc(C)c(C#CCN)s1. The number of nitrogens with two attached hydrogens (primary N) is 1. The molecule has 0 radical (unpaired) electrons. The van der Waals surface area contributed by atoms with Crippen molar-refractivity contribution in [3.05, 3.63) is 21.4 Å². The van der Waals surface area contributed by atoms with E-state index in [1.54, 1.807) is 4.90 Å². The average Bonchev–Trinajstić information content (AvgIpc) is 2.78. The molecule has 0 saturated heterocycles. The molecule has 1 aromatic heterocycles. The quantitative estimate of drug-likeness (QED) is 0.851. The molecular weight excluding hydrogens is 258 g/mol. The smallest absolute Gasteiger partial charge is 0.263 e. The molecule has 0 aromatic carbocycles. The number of thiophene rings is 1. The molecule has 0 fully saturated rings. The number of hydrogen-bond acceptors (Lipinski definition) is 4. The molecule has 100 valence electrons. The van der Waals surface area contributed by atoms with Gasteiger partial charge in [0, 0.05) is 13.1 Å². The summed E-state index contributed by atoms with van der Waals surface area (Å²) in [6.07, 6.45) is 0.351. The van der Waals surface area contributed by atoms with E-state index in [2.05, 4.69) is 17.9 Å². The average molecular weight is 275 g/mol. The molecule has 19 heavy (non-hydrogen) atoms. The number of amides is 1. The zero-order chi connectivity index (χ0) is 14.3. The van der Waals surface area contributed by atoms with Crippen LogP contribution in [0.4, 0.5) is 0 Å². The fraction of sp³-hybridized carbons (Fsp3) is 0.429. The van der Waals surface area contributed by atoms with E-state index < -0.39 is 0 Å². The Balaban J connectivity index is 2.90. The molecule has 2 N–H and O–H groups in total. The van der Waals surface area contributed by atoms with E-state index in [0.717, 1.165) is 10.4 Å². The van der Waals surface area contributed by atoms with Crippen LogP contribution in [-0.4, -0.2) is 30.4 Å². The second kappa shape index (κ2) is 7.58. The monoisotopic (exact) mass is 275 g/mol. The lowest BCUT2D eigenvalue weighted by molar-refractivity contribution is 0.0772. The highest BCUT2D eigenvalue weighted by Crippen LogP contribution is 2.22. The maximum absolute atomic E-state index is 12.3. The molecule has 1 aromatic rings. The van der Waals surface area contributed by atoms with Crippen molar-refractivity contribution in [3.8, 4) is 17.9 Å². The first-order valence-corrected chi connectivity index (χ1v) is 6.91. The molecule has 0 aliphatic rings. The normalized spacial score (nSPS) is 9.37. The predicted octanol–water partition coefficient (Wildman–Crippen LogP) is 1.74. The lowest BCUT2D eigenvalue weighted by atomic mass is 10.2. The molecule has 1 heterocycles. The molecule has 0 unspecified atom stereocenters. The highest BCUT2D eigenvalue weighted by atomic mass is 32.1. The molecule has 1 amide bonds. The maximum Gasteiger partial charge on any atom is 0.263 e. The zero-order valence-electron chi connectivity index (χ0n) is 11.2. The van der Waals surface area contributed by atoms with Crippen LogP contribution in [0.5, 0.6) is 0 Å². The van der Waals surface area contributed by atoms with Gasteiger partial charge >= 0.3 is 0 Å². The molecule has 5 heteroatoms. The van der Waals surface area contributed by atoms with E-state index in [0.29, 0.717) is 30.9 Å². The summed E-state index contributed by atoms with van der Waals surface area (Å²) < 4.78 is 0. The fourth-order valence-electron chi connectivity index (χ4n) is 1.59. The van der Waals surface area contributed by atoms with Gasteiger partial charge in [-0.2, -0.15) is 5.26 Å². The number of nitrogens with zero attached hydrogens (tertiary/aromatic N) is 2. The molecule has 0 spiro atoms. The maximum atomic E-state index is 12.3. The molecule has 1 rings (SSSR count). The summed E-state index contributed by atoms with van der Waals surface area (Å²) in [5.74, 6) is 5.73. The van der Waals surface area contributed by atoms with Crippen LogP contribution in [-0.2, 0) is 0 Å². The van der Waals surface area contributed by atoms with Gasteiger partial charge in [0.25, 0.3) is 5.91 Å². The number of nitriles is 1. The first kappa shape index (κ1) is 15.2. The van der Waals surface area contributed by atoms with Crippen molar-refractivity contribution in [2.24, 2.45) is 5.73 Å². The van der Waals surface area contributed by atoms with Crippen LogP contribution in [0.15, 0.2) is 6.07 Å². The largest absolute Gasteiger partial charge is 0.337 e. The van der Waals surface area contributed by atoms with Gasteiger partial charge in [-0.3, -0.25) is 4.79 Å². The third kappa shape index (κ3) is 4.10. The van der Waals surface area contributed by atoms with Crippen LogP contribution < -0.4 is 5.73 Å². The second-order valence-corrected chi connectivity index (χ2v) is 4.97. The Hall–Kier alpha value is -1.82. The Morgan fingerprint density at radius 1 is 1.58 bits per heavy atom. The van der Waals surface area contributed by atoms with Gasteiger partial charge in [0.15, 0.2) is 0 Å². The standard InChI is InChI=1S/C14H17N3OS/c1-3-17(9-5-8-16)14(18)13-10-11(2)12(19-13)6-4-7-15/h10H,3,5,7,9,15H2,1-2H3. The minimum Gasteiger partial charge on any atom is -0.337 e. The Morgan fingerprint density at radius 2 is 2.32 bits per heavy atom. The summed E-state index contributed by atoms with van der Waals surface area (Å²) >= 11 is 1.38. The Labute approximate surface area is 117 Å². The van der Waals surface area contributed by atoms with Gasteiger partial charge in [0.05, 0.1) is 28.8 Å². The van der Waals surface area contributed by atoms with Crippen LogP contribution >= 0.6 is 11.3 Å². The predicted molar refractivity (Wildman–Crippen MR) is 76.8 cm³/mol. The van der Waals surface area contributed by atoms with Crippen molar-refractivity contribution in [1.29, 1.82) is 5.26 Å². The van der Waals surface area contributed by atoms with Gasteiger partial charge < -0.3 is 10.6 Å². The van der Waals surface area contributed by atoms with Crippen LogP contribution in [0, 0.1) is 30.1 Å². The molecule has 0 bridgehead atoms. The van der Waals surface area contributed by atoms with Crippen molar-refractivity contribution in [2.75, 3.05) is 19.6 Å². The van der Waals surface area contributed by atoms with E-state index >= 15 is 0 Å². The third-order valence-corrected chi connectivity index (χ3v) is 3.74. The van der Waals surface area contributed by atoms with Crippen LogP contribution in [0.3, 0.4) is 0 Å². The number of rotatable bonds is 4. The lowest BCUT2D eigenvalue weighted by Gasteiger charge is -2.18. The Morgan fingerprint density at radius 3 is 2.89 bits per heavy atom. The van der Waals surface area contributed by atoms with Gasteiger partial charge in [0.2, 0.25) is 0 Å². The fourth-order valence-corrected chi connectivity index (χ4v) is 2.60. The van der Waals surface area contributed by atoms with Crippen LogP contribution in [0.25, 0.3) is 0 Å². The Bertz CT molecular complexity index is 545. The second-order valence-electron chi connectivity index (χ2n) is 3.92. The first-order chi connectivity index (χ1) is 9.13. The topological polar surface area (TPSA) is 70.1 Å². The Kier molecular flexibility index (Phi) is 6.08. The van der Waals surface area contributed by atoms with Crippen molar-refractivity contribution >= 4 is 17.2 Å². The highest BCUT2D eigenvalue weighted by molar-refractivity contribution is 7.14. The van der Waals surface area contributed by atoms with E-state index in [1.807, 2.05) is 19.9 Å². The number of carbonyl (C=O) groups is 1. The van der Waals surface area contributed by atoms with E-state index in [9.17, 15) is 4.79 Å². The number of hydrogen-bond donors (Lipinski definition) is 1. The third-order valence-electron chi connectivity index (χ3n) is 2.60. The molecule has 0 aliphatic carbocycles. The first-order valence-electron chi connectivity index (χ1n) is 6.09. The van der Waals surface area contributed by atoms with Crippen molar-refractivity contribution < 1.29 is 4.79 Å². The number of aryl methyl sites for hydroxylation is 1. The van der Waals surface area contributed by atoms with E-state index in [-0.39, 0.29) is 5.91 Å². The molecule has 0 atom stereocenters. The summed E-state index contributed by atoms with van der Waals surface area (Å²) in [4.78, 5) is 15.5. The van der Waals surface area contributed by atoms with Crippen molar-refractivity contribution in [1.82, 2.24) is 4.90 Å². The van der Waals surface area contributed by atoms with Gasteiger partial charge in [-0.15, -0.1) is 11.3 Å². The van der Waals surface area contributed by atoms with Crippen LogP contribution in [0.1, 0.15) is 33.5 Å². The van der Waals surface area contributed by atoms with Crippen molar-refractivity contribution in [2.45, 2.75) is 20.3 Å². The minimum atomic E-state index is -0.0355. The summed E-state index contributed by atoms with van der Waals surface area (Å²) in [5.41, 5.74) is 6.33. The molecular formula is C14H17N3OS. The van der Waals surface area contributed by atoms with Gasteiger partial charge in [-0.1, -0.05) is 11.8 Å². The summed E-state index contributed by atoms with van der Waals surface area (Å²) in [6.45, 7) is 5.21. The number of carbonyl (C=O) groups excluding carboxylic acids is 1. The van der Waals surface area contributed by atoms with Gasteiger partial charge in [-0.05, 0) is 25.5 Å². The van der Waals surface area contributed by atoms with E-state index in [1.165, 1.54) is 11.3 Å². The molecule has 0 saturated carbocycles. The van der Waals surface area contributed by atoms with Gasteiger partial charge in [0.1, 0.15) is 0 Å². The highest BCUT2D eigenvalue weighted by Gasteiger charge is 2.17.